The number of ether oxygens (including phenoxy) is 1. The predicted molar refractivity (Wildman–Crippen MR) is 130 cm³/mol. The van der Waals surface area contributed by atoms with Crippen molar-refractivity contribution in [3.8, 4) is 0 Å². The fourth-order valence-corrected chi connectivity index (χ4v) is 9.19. The average Bonchev–Trinajstić information content (AvgIpc) is 3.09. The van der Waals surface area contributed by atoms with Gasteiger partial charge in [-0.15, -0.1) is 0 Å². The zero-order valence-corrected chi connectivity index (χ0v) is 21.7. The van der Waals surface area contributed by atoms with E-state index in [0.29, 0.717) is 17.8 Å². The van der Waals surface area contributed by atoms with E-state index in [-0.39, 0.29) is 33.9 Å². The van der Waals surface area contributed by atoms with Crippen LogP contribution in [0.4, 0.5) is 0 Å². The smallest absolute Gasteiger partial charge is 0.302 e. The van der Waals surface area contributed by atoms with Gasteiger partial charge in [0.1, 0.15) is 6.10 Å². The van der Waals surface area contributed by atoms with Gasteiger partial charge >= 0.3 is 5.97 Å². The van der Waals surface area contributed by atoms with Crippen LogP contribution in [0.25, 0.3) is 0 Å². The maximum atomic E-state index is 13.1. The molecule has 0 aliphatic heterocycles. The number of carbonyl (C=O) groups excluding carboxylic acids is 1. The SMILES string of the molecule is CC(=O)O[C@@H]1CC[C@@]2(C)C(=CC[C@H]3[C@H]2CC[C@]2(C)[C@H](OS(=O)(=O)c4ccc(C)cc4)CC[C@@H]32)C1. The average molecular weight is 487 g/mol. The molecule has 5 nitrogen and oxygen atoms in total. The molecular formula is C28H38O5S. The molecule has 34 heavy (non-hydrogen) atoms. The van der Waals surface area contributed by atoms with Crippen LogP contribution < -0.4 is 0 Å². The molecule has 0 amide bonds. The number of hydrogen-bond donors (Lipinski definition) is 0. The zero-order valence-electron chi connectivity index (χ0n) is 20.9. The van der Waals surface area contributed by atoms with E-state index < -0.39 is 10.1 Å². The Labute approximate surface area is 204 Å². The monoisotopic (exact) mass is 486 g/mol. The normalized spacial score (nSPS) is 39.4. The lowest BCUT2D eigenvalue weighted by atomic mass is 9.48. The van der Waals surface area contributed by atoms with Crippen molar-refractivity contribution < 1.29 is 22.1 Å². The molecule has 0 N–H and O–H groups in total. The summed E-state index contributed by atoms with van der Waals surface area (Å²) < 4.78 is 37.7. The van der Waals surface area contributed by atoms with Crippen molar-refractivity contribution in [2.24, 2.45) is 28.6 Å². The number of allylic oxidation sites excluding steroid dienone is 1. The summed E-state index contributed by atoms with van der Waals surface area (Å²) in [6, 6.07) is 6.94. The maximum Gasteiger partial charge on any atom is 0.302 e. The van der Waals surface area contributed by atoms with E-state index in [1.165, 1.54) is 12.5 Å². The van der Waals surface area contributed by atoms with Crippen molar-refractivity contribution in [2.75, 3.05) is 0 Å². The molecule has 0 aromatic heterocycles. The molecule has 3 fully saturated rings. The Morgan fingerprint density at radius 3 is 2.44 bits per heavy atom. The molecule has 6 heteroatoms. The Morgan fingerprint density at radius 2 is 1.74 bits per heavy atom. The lowest BCUT2D eigenvalue weighted by molar-refractivity contribution is -0.148. The van der Waals surface area contributed by atoms with Crippen LogP contribution in [0.2, 0.25) is 0 Å². The highest BCUT2D eigenvalue weighted by molar-refractivity contribution is 7.86. The standard InChI is InChI=1S/C28H38O5S/c1-18-5-8-22(9-6-18)34(30,31)33-26-12-11-24-23-10-7-20-17-21(32-19(2)29)13-15-27(20,3)25(23)14-16-28(24,26)4/h5-9,21,23-26H,10-17H2,1-4H3/t21-,23-,24+,25-,26-,27+,28+/m1/s1. The molecule has 0 unspecified atom stereocenters. The van der Waals surface area contributed by atoms with Crippen molar-refractivity contribution in [3.63, 3.8) is 0 Å². The molecule has 0 bridgehead atoms. The Kier molecular flexibility index (Phi) is 6.00. The van der Waals surface area contributed by atoms with Gasteiger partial charge < -0.3 is 4.74 Å². The first-order chi connectivity index (χ1) is 16.0. The van der Waals surface area contributed by atoms with Gasteiger partial charge in [-0.1, -0.05) is 43.2 Å². The molecule has 4 aliphatic rings. The summed E-state index contributed by atoms with van der Waals surface area (Å²) in [6.07, 6.45) is 10.0. The fourth-order valence-electron chi connectivity index (χ4n) is 7.99. The van der Waals surface area contributed by atoms with Gasteiger partial charge in [0.05, 0.1) is 11.0 Å². The van der Waals surface area contributed by atoms with Gasteiger partial charge in [-0.2, -0.15) is 8.42 Å². The minimum atomic E-state index is -3.78. The largest absolute Gasteiger partial charge is 0.462 e. The van der Waals surface area contributed by atoms with Crippen LogP contribution in [0.3, 0.4) is 0 Å². The molecule has 1 aromatic carbocycles. The van der Waals surface area contributed by atoms with Crippen LogP contribution >= 0.6 is 0 Å². The third kappa shape index (κ3) is 3.95. The summed E-state index contributed by atoms with van der Waals surface area (Å²) in [5, 5.41) is 0. The van der Waals surface area contributed by atoms with E-state index >= 15 is 0 Å². The Hall–Kier alpha value is -1.66. The molecule has 0 saturated heterocycles. The summed E-state index contributed by atoms with van der Waals surface area (Å²) in [7, 11) is -3.78. The molecule has 186 valence electrons. The van der Waals surface area contributed by atoms with E-state index in [0.717, 1.165) is 56.9 Å². The van der Waals surface area contributed by atoms with Gasteiger partial charge in [0.2, 0.25) is 0 Å². The van der Waals surface area contributed by atoms with Gasteiger partial charge in [0.25, 0.3) is 10.1 Å². The number of aryl methyl sites for hydroxylation is 1. The van der Waals surface area contributed by atoms with E-state index in [1.54, 1.807) is 12.1 Å². The third-order valence-electron chi connectivity index (χ3n) is 9.86. The third-order valence-corrected chi connectivity index (χ3v) is 11.2. The first-order valence-corrected chi connectivity index (χ1v) is 14.3. The minimum Gasteiger partial charge on any atom is -0.462 e. The van der Waals surface area contributed by atoms with E-state index in [9.17, 15) is 13.2 Å². The van der Waals surface area contributed by atoms with E-state index in [1.807, 2.05) is 19.1 Å². The number of fused-ring (bicyclic) bond motifs is 5. The summed E-state index contributed by atoms with van der Waals surface area (Å²) in [5.41, 5.74) is 2.55. The highest BCUT2D eigenvalue weighted by Gasteiger charge is 2.59. The molecule has 0 radical (unpaired) electrons. The van der Waals surface area contributed by atoms with Crippen molar-refractivity contribution in [1.82, 2.24) is 0 Å². The highest BCUT2D eigenvalue weighted by atomic mass is 32.2. The molecule has 0 spiro atoms. The van der Waals surface area contributed by atoms with Crippen LogP contribution in [0, 0.1) is 35.5 Å². The van der Waals surface area contributed by atoms with Gasteiger partial charge in [0, 0.05) is 13.3 Å². The molecule has 5 rings (SSSR count). The maximum absolute atomic E-state index is 13.1. The topological polar surface area (TPSA) is 69.7 Å². The second kappa shape index (κ2) is 8.48. The summed E-state index contributed by atoms with van der Waals surface area (Å²) in [4.78, 5) is 11.7. The highest BCUT2D eigenvalue weighted by Crippen LogP contribution is 2.65. The second-order valence-electron chi connectivity index (χ2n) is 11.7. The van der Waals surface area contributed by atoms with E-state index in [4.69, 9.17) is 8.92 Å². The second-order valence-corrected chi connectivity index (χ2v) is 13.3. The van der Waals surface area contributed by atoms with Crippen molar-refractivity contribution in [3.05, 3.63) is 41.5 Å². The molecule has 7 atom stereocenters. The van der Waals surface area contributed by atoms with Crippen LogP contribution in [0.5, 0.6) is 0 Å². The lowest BCUT2D eigenvalue weighted by Crippen LogP contribution is -2.51. The molecule has 1 aromatic rings. The Balaban J connectivity index is 1.35. The van der Waals surface area contributed by atoms with Crippen LogP contribution in [-0.4, -0.2) is 26.6 Å². The van der Waals surface area contributed by atoms with Crippen LogP contribution in [0.1, 0.15) is 77.7 Å². The molecule has 4 aliphatic carbocycles. The summed E-state index contributed by atoms with van der Waals surface area (Å²) >= 11 is 0. The number of rotatable bonds is 4. The van der Waals surface area contributed by atoms with Gasteiger partial charge in [0.15, 0.2) is 0 Å². The van der Waals surface area contributed by atoms with Crippen molar-refractivity contribution >= 4 is 16.1 Å². The van der Waals surface area contributed by atoms with Gasteiger partial charge in [-0.25, -0.2) is 0 Å². The number of esters is 1. The van der Waals surface area contributed by atoms with E-state index in [2.05, 4.69) is 19.9 Å². The van der Waals surface area contributed by atoms with Crippen molar-refractivity contribution in [2.45, 2.75) is 96.2 Å². The van der Waals surface area contributed by atoms with Gasteiger partial charge in [-0.05, 0) is 92.6 Å². The zero-order chi connectivity index (χ0) is 24.3. The fraction of sp³-hybridized carbons (Fsp3) is 0.679. The first kappa shape index (κ1) is 24.1. The lowest BCUT2D eigenvalue weighted by Gasteiger charge is -2.57. The number of benzene rings is 1. The Morgan fingerprint density at radius 1 is 1.00 bits per heavy atom. The molecular weight excluding hydrogens is 448 g/mol. The predicted octanol–water partition coefficient (Wildman–Crippen LogP) is 5.96. The summed E-state index contributed by atoms with van der Waals surface area (Å²) in [5.74, 6) is 1.46. The number of carbonyl (C=O) groups is 1. The quantitative estimate of drug-likeness (QED) is 0.298. The molecule has 3 saturated carbocycles. The first-order valence-electron chi connectivity index (χ1n) is 12.9. The van der Waals surface area contributed by atoms with Gasteiger partial charge in [-0.3, -0.25) is 8.98 Å². The number of hydrogen-bond acceptors (Lipinski definition) is 5. The summed E-state index contributed by atoms with van der Waals surface area (Å²) in [6.45, 7) is 8.15. The van der Waals surface area contributed by atoms with Crippen molar-refractivity contribution in [1.29, 1.82) is 0 Å². The minimum absolute atomic E-state index is 0.0125. The van der Waals surface area contributed by atoms with Crippen LogP contribution in [0.15, 0.2) is 40.8 Å². The van der Waals surface area contributed by atoms with Crippen LogP contribution in [-0.2, 0) is 23.8 Å². The Bertz CT molecular complexity index is 1090. The molecule has 0 heterocycles.